The molecule has 2 N–H and O–H groups in total. The molecule has 1 aromatic heterocycles. The maximum absolute atomic E-state index is 12.9. The number of fused-ring (bicyclic) bond motifs is 3. The van der Waals surface area contributed by atoms with Crippen molar-refractivity contribution in [2.45, 2.75) is 24.0 Å². The minimum Gasteiger partial charge on any atom is -0.382 e. The largest absolute Gasteiger partial charge is 0.403 e. The number of hydrogen-bond donors (Lipinski definition) is 2. The normalized spacial score (nSPS) is 32.0. The molecule has 0 saturated carbocycles. The van der Waals surface area contributed by atoms with E-state index in [4.69, 9.17) is 14.2 Å². The van der Waals surface area contributed by atoms with Gasteiger partial charge in [-0.3, -0.25) is 9.36 Å². The zero-order valence-corrected chi connectivity index (χ0v) is 15.8. The van der Waals surface area contributed by atoms with Gasteiger partial charge in [-0.1, -0.05) is 18.2 Å². The Morgan fingerprint density at radius 1 is 1.37 bits per heavy atom. The third-order valence-electron chi connectivity index (χ3n) is 5.10. The first-order valence-corrected chi connectivity index (χ1v) is 10.0. The molecule has 2 aromatic rings. The number of methoxy groups -OCH3 is 1. The summed E-state index contributed by atoms with van der Waals surface area (Å²) in [5.41, 5.74) is -1.23. The van der Waals surface area contributed by atoms with Crippen LogP contribution in [0.4, 0.5) is 0 Å². The molecule has 0 spiro atoms. The van der Waals surface area contributed by atoms with Crippen molar-refractivity contribution in [3.05, 3.63) is 46.9 Å². The molecule has 3 heterocycles. The molecule has 146 valence electrons. The number of aromatic nitrogens is 1. The van der Waals surface area contributed by atoms with E-state index in [0.717, 1.165) is 12.5 Å². The molecule has 5 atom stereocenters. The van der Waals surface area contributed by atoms with E-state index >= 15 is 0 Å². The SMILES string of the molecule is COC[C@@]12CO[C@H](C(n3ccc4ccccc4c3=O)O1)[C@@H]2NP(=O)(O)OC. The number of nitrogens with zero attached hydrogens (tertiary/aromatic N) is 1. The summed E-state index contributed by atoms with van der Waals surface area (Å²) in [6, 6.07) is 8.40. The van der Waals surface area contributed by atoms with Gasteiger partial charge in [-0.25, -0.2) is 9.65 Å². The summed E-state index contributed by atoms with van der Waals surface area (Å²) in [5, 5.41) is 3.97. The average Bonchev–Trinajstić information content (AvgIpc) is 3.13. The molecule has 27 heavy (non-hydrogen) atoms. The Kier molecular flexibility index (Phi) is 4.72. The van der Waals surface area contributed by atoms with Crippen molar-refractivity contribution in [1.82, 2.24) is 9.65 Å². The molecule has 2 aliphatic heterocycles. The van der Waals surface area contributed by atoms with Crippen LogP contribution in [0.5, 0.6) is 0 Å². The average molecular weight is 396 g/mol. The smallest absolute Gasteiger partial charge is 0.382 e. The van der Waals surface area contributed by atoms with Crippen molar-refractivity contribution >= 4 is 18.5 Å². The van der Waals surface area contributed by atoms with Crippen molar-refractivity contribution < 1.29 is 28.2 Å². The van der Waals surface area contributed by atoms with Crippen molar-refractivity contribution in [2.24, 2.45) is 0 Å². The van der Waals surface area contributed by atoms with Crippen molar-refractivity contribution in [3.8, 4) is 0 Å². The van der Waals surface area contributed by atoms with Gasteiger partial charge in [0.1, 0.15) is 11.7 Å². The lowest BCUT2D eigenvalue weighted by Gasteiger charge is -2.31. The van der Waals surface area contributed by atoms with E-state index in [1.54, 1.807) is 18.3 Å². The number of nitrogens with one attached hydrogen (secondary N) is 1. The molecular formula is C17H21N2O7P. The fraction of sp³-hybridized carbons (Fsp3) is 0.471. The second kappa shape index (κ2) is 6.79. The van der Waals surface area contributed by atoms with Crippen LogP contribution in [0.3, 0.4) is 0 Å². The molecule has 2 bridgehead atoms. The monoisotopic (exact) mass is 396 g/mol. The van der Waals surface area contributed by atoms with Crippen LogP contribution in [0.2, 0.25) is 0 Å². The fourth-order valence-corrected chi connectivity index (χ4v) is 4.67. The first kappa shape index (κ1) is 18.8. The van der Waals surface area contributed by atoms with Gasteiger partial charge in [-0.2, -0.15) is 0 Å². The van der Waals surface area contributed by atoms with Crippen LogP contribution in [-0.2, 0) is 23.3 Å². The van der Waals surface area contributed by atoms with Crippen LogP contribution in [0, 0.1) is 0 Å². The van der Waals surface area contributed by atoms with Gasteiger partial charge in [0, 0.05) is 25.8 Å². The molecule has 0 amide bonds. The Bertz CT molecular complexity index is 964. The highest BCUT2D eigenvalue weighted by Crippen LogP contribution is 2.49. The highest BCUT2D eigenvalue weighted by Gasteiger charge is 2.63. The molecular weight excluding hydrogens is 375 g/mol. The van der Waals surface area contributed by atoms with Gasteiger partial charge in [-0.05, 0) is 17.5 Å². The molecule has 2 unspecified atom stereocenters. The predicted octanol–water partition coefficient (Wildman–Crippen LogP) is 1.02. The Balaban J connectivity index is 1.75. The standard InChI is InChI=1S/C17H21N2O7P/c1-23-9-17-10-25-13(14(17)18-27(21,22)24-2)16(26-17)19-8-7-11-5-3-4-6-12(11)15(19)20/h3-8,13-14,16H,9-10H2,1-2H3,(H2,18,21,22)/t13-,14-,16?,17-/m0/s1. The molecule has 2 saturated heterocycles. The molecule has 2 fully saturated rings. The van der Waals surface area contributed by atoms with Crippen molar-refractivity contribution in [3.63, 3.8) is 0 Å². The van der Waals surface area contributed by atoms with Crippen molar-refractivity contribution in [2.75, 3.05) is 27.4 Å². The highest BCUT2D eigenvalue weighted by atomic mass is 31.2. The number of ether oxygens (including phenoxy) is 3. The highest BCUT2D eigenvalue weighted by molar-refractivity contribution is 7.50. The van der Waals surface area contributed by atoms with E-state index in [0.29, 0.717) is 5.39 Å². The maximum Gasteiger partial charge on any atom is 0.403 e. The number of benzene rings is 1. The van der Waals surface area contributed by atoms with E-state index in [2.05, 4.69) is 9.61 Å². The molecule has 9 nitrogen and oxygen atoms in total. The Morgan fingerprint density at radius 3 is 2.89 bits per heavy atom. The van der Waals surface area contributed by atoms with E-state index in [-0.39, 0.29) is 18.8 Å². The fourth-order valence-electron chi connectivity index (χ4n) is 3.83. The van der Waals surface area contributed by atoms with E-state index in [1.165, 1.54) is 11.7 Å². The van der Waals surface area contributed by atoms with E-state index < -0.39 is 31.7 Å². The number of hydrogen-bond acceptors (Lipinski definition) is 6. The second-order valence-electron chi connectivity index (χ2n) is 6.71. The van der Waals surface area contributed by atoms with E-state index in [1.807, 2.05) is 18.2 Å². The first-order chi connectivity index (χ1) is 12.9. The maximum atomic E-state index is 12.9. The Hall–Kier alpha value is -1.58. The first-order valence-electron chi connectivity index (χ1n) is 8.45. The van der Waals surface area contributed by atoms with E-state index in [9.17, 15) is 14.3 Å². The molecule has 0 aliphatic carbocycles. The summed E-state index contributed by atoms with van der Waals surface area (Å²) < 4.78 is 35.5. The topological polar surface area (TPSA) is 108 Å². The summed E-state index contributed by atoms with van der Waals surface area (Å²) in [4.78, 5) is 22.8. The molecule has 4 rings (SSSR count). The lowest BCUT2D eigenvalue weighted by Crippen LogP contribution is -2.50. The van der Waals surface area contributed by atoms with Gasteiger partial charge in [0.25, 0.3) is 5.56 Å². The van der Waals surface area contributed by atoms with Gasteiger partial charge in [0.2, 0.25) is 0 Å². The zero-order chi connectivity index (χ0) is 19.2. The summed E-state index contributed by atoms with van der Waals surface area (Å²) >= 11 is 0. The molecule has 10 heteroatoms. The van der Waals surface area contributed by atoms with Crippen LogP contribution in [0.25, 0.3) is 10.8 Å². The molecule has 1 aromatic carbocycles. The predicted molar refractivity (Wildman–Crippen MR) is 96.4 cm³/mol. The third-order valence-corrected chi connectivity index (χ3v) is 6.20. The lowest BCUT2D eigenvalue weighted by atomic mass is 9.98. The van der Waals surface area contributed by atoms with Crippen LogP contribution < -0.4 is 10.6 Å². The number of rotatable bonds is 6. The summed E-state index contributed by atoms with van der Waals surface area (Å²) in [5.74, 6) is 0. The van der Waals surface area contributed by atoms with Crippen molar-refractivity contribution in [1.29, 1.82) is 0 Å². The van der Waals surface area contributed by atoms with Crippen LogP contribution in [0.1, 0.15) is 6.23 Å². The van der Waals surface area contributed by atoms with Crippen LogP contribution in [0.15, 0.2) is 41.3 Å². The van der Waals surface area contributed by atoms with Crippen LogP contribution in [-0.4, -0.2) is 54.6 Å². The Morgan fingerprint density at radius 2 is 2.15 bits per heavy atom. The minimum absolute atomic E-state index is 0.129. The minimum atomic E-state index is -4.05. The molecule has 2 aliphatic rings. The zero-order valence-electron chi connectivity index (χ0n) is 14.9. The molecule has 0 radical (unpaired) electrons. The Labute approximate surface area is 155 Å². The second-order valence-corrected chi connectivity index (χ2v) is 8.37. The van der Waals surface area contributed by atoms with Gasteiger partial charge < -0.3 is 23.6 Å². The van der Waals surface area contributed by atoms with Gasteiger partial charge in [0.15, 0.2) is 6.23 Å². The summed E-state index contributed by atoms with van der Waals surface area (Å²) in [6.07, 6.45) is 0.223. The number of pyridine rings is 1. The van der Waals surface area contributed by atoms with Gasteiger partial charge >= 0.3 is 7.75 Å². The third kappa shape index (κ3) is 3.05. The van der Waals surface area contributed by atoms with Gasteiger partial charge in [0.05, 0.1) is 19.3 Å². The van der Waals surface area contributed by atoms with Crippen LogP contribution >= 0.6 is 7.75 Å². The quantitative estimate of drug-likeness (QED) is 0.697. The summed E-state index contributed by atoms with van der Waals surface area (Å²) in [7, 11) is -1.40. The van der Waals surface area contributed by atoms with Gasteiger partial charge in [-0.15, -0.1) is 0 Å². The lowest BCUT2D eigenvalue weighted by molar-refractivity contribution is -0.188. The summed E-state index contributed by atoms with van der Waals surface area (Å²) in [6.45, 7) is 0.301.